The second kappa shape index (κ2) is 5.92. The Labute approximate surface area is 105 Å². The van der Waals surface area contributed by atoms with Crippen LogP contribution in [0.4, 0.5) is 0 Å². The fraction of sp³-hybridized carbons (Fsp3) is 0.250. The molecule has 1 amide bonds. The summed E-state index contributed by atoms with van der Waals surface area (Å²) in [5, 5.41) is 13.0. The van der Waals surface area contributed by atoms with Crippen molar-refractivity contribution in [2.75, 3.05) is 6.54 Å². The van der Waals surface area contributed by atoms with Crippen LogP contribution in [0.2, 0.25) is 0 Å². The van der Waals surface area contributed by atoms with E-state index in [0.29, 0.717) is 25.1 Å². The number of carbonyl (C=O) groups excluding carboxylic acids is 1. The van der Waals surface area contributed by atoms with Gasteiger partial charge >= 0.3 is 0 Å². The van der Waals surface area contributed by atoms with E-state index in [4.69, 9.17) is 5.73 Å². The fourth-order valence-corrected chi connectivity index (χ4v) is 1.59. The Kier molecular flexibility index (Phi) is 4.03. The van der Waals surface area contributed by atoms with E-state index in [2.05, 4.69) is 20.7 Å². The lowest BCUT2D eigenvalue weighted by Gasteiger charge is -2.05. The average molecular weight is 245 g/mol. The highest BCUT2D eigenvalue weighted by molar-refractivity contribution is 5.94. The third-order valence-electron chi connectivity index (χ3n) is 2.56. The standard InChI is InChI=1S/C12H15N5O/c13-7-9-2-1-3-10(6-9)12(18)14-5-4-11-8-15-17-16-11/h1-3,6,8H,4-5,7,13H2,(H,14,18)(H,15,16,17). The third-order valence-corrected chi connectivity index (χ3v) is 2.56. The summed E-state index contributed by atoms with van der Waals surface area (Å²) in [6, 6.07) is 7.29. The van der Waals surface area contributed by atoms with E-state index < -0.39 is 0 Å². The van der Waals surface area contributed by atoms with Crippen LogP contribution in [-0.4, -0.2) is 27.9 Å². The van der Waals surface area contributed by atoms with Gasteiger partial charge in [0.15, 0.2) is 0 Å². The quantitative estimate of drug-likeness (QED) is 0.702. The highest BCUT2D eigenvalue weighted by Gasteiger charge is 2.05. The number of hydrogen-bond donors (Lipinski definition) is 3. The SMILES string of the molecule is NCc1cccc(C(=O)NCCc2cn[nH]n2)c1. The molecule has 6 nitrogen and oxygen atoms in total. The zero-order valence-corrected chi connectivity index (χ0v) is 9.89. The smallest absolute Gasteiger partial charge is 0.251 e. The molecule has 0 atom stereocenters. The van der Waals surface area contributed by atoms with Gasteiger partial charge in [-0.2, -0.15) is 15.4 Å². The van der Waals surface area contributed by atoms with Gasteiger partial charge in [0.25, 0.3) is 5.91 Å². The lowest BCUT2D eigenvalue weighted by Crippen LogP contribution is -2.25. The van der Waals surface area contributed by atoms with Crippen LogP contribution >= 0.6 is 0 Å². The van der Waals surface area contributed by atoms with Gasteiger partial charge in [-0.25, -0.2) is 0 Å². The Bertz CT molecular complexity index is 509. The molecule has 94 valence electrons. The number of aromatic nitrogens is 3. The summed E-state index contributed by atoms with van der Waals surface area (Å²) in [6.07, 6.45) is 2.29. The third kappa shape index (κ3) is 3.14. The number of carbonyl (C=O) groups is 1. The average Bonchev–Trinajstić information content (AvgIpc) is 2.92. The van der Waals surface area contributed by atoms with Gasteiger partial charge < -0.3 is 11.1 Å². The van der Waals surface area contributed by atoms with Crippen LogP contribution in [0.3, 0.4) is 0 Å². The summed E-state index contributed by atoms with van der Waals surface area (Å²) >= 11 is 0. The van der Waals surface area contributed by atoms with Gasteiger partial charge in [0.2, 0.25) is 0 Å². The Balaban J connectivity index is 1.87. The lowest BCUT2D eigenvalue weighted by atomic mass is 10.1. The molecule has 0 aliphatic rings. The van der Waals surface area contributed by atoms with E-state index in [0.717, 1.165) is 11.3 Å². The zero-order chi connectivity index (χ0) is 12.8. The van der Waals surface area contributed by atoms with Gasteiger partial charge in [-0.3, -0.25) is 4.79 Å². The summed E-state index contributed by atoms with van der Waals surface area (Å²) in [6.45, 7) is 0.957. The second-order valence-corrected chi connectivity index (χ2v) is 3.87. The van der Waals surface area contributed by atoms with E-state index in [1.807, 2.05) is 12.1 Å². The van der Waals surface area contributed by atoms with Crippen molar-refractivity contribution in [1.29, 1.82) is 0 Å². The van der Waals surface area contributed by atoms with Crippen molar-refractivity contribution in [1.82, 2.24) is 20.7 Å². The molecule has 4 N–H and O–H groups in total. The minimum atomic E-state index is -0.103. The topological polar surface area (TPSA) is 96.7 Å². The number of H-pyrrole nitrogens is 1. The number of aromatic amines is 1. The predicted molar refractivity (Wildman–Crippen MR) is 66.8 cm³/mol. The van der Waals surface area contributed by atoms with Crippen LogP contribution in [0.15, 0.2) is 30.5 Å². The van der Waals surface area contributed by atoms with Crippen molar-refractivity contribution < 1.29 is 4.79 Å². The van der Waals surface area contributed by atoms with Crippen LogP contribution in [0.1, 0.15) is 21.6 Å². The molecule has 6 heteroatoms. The molecule has 0 saturated carbocycles. The molecule has 0 bridgehead atoms. The summed E-state index contributed by atoms with van der Waals surface area (Å²) in [4.78, 5) is 11.8. The molecular weight excluding hydrogens is 230 g/mol. The first-order valence-electron chi connectivity index (χ1n) is 5.71. The van der Waals surface area contributed by atoms with E-state index in [1.54, 1.807) is 18.3 Å². The van der Waals surface area contributed by atoms with Gasteiger partial charge in [0.05, 0.1) is 11.9 Å². The van der Waals surface area contributed by atoms with Gasteiger partial charge in [-0.1, -0.05) is 12.1 Å². The summed E-state index contributed by atoms with van der Waals surface area (Å²) in [5.74, 6) is -0.103. The number of hydrogen-bond acceptors (Lipinski definition) is 4. The molecule has 0 aliphatic heterocycles. The molecule has 1 aromatic heterocycles. The molecule has 18 heavy (non-hydrogen) atoms. The van der Waals surface area contributed by atoms with Crippen molar-refractivity contribution in [3.8, 4) is 0 Å². The molecule has 2 rings (SSSR count). The number of rotatable bonds is 5. The Hall–Kier alpha value is -2.21. The maximum absolute atomic E-state index is 11.8. The Morgan fingerprint density at radius 3 is 3.06 bits per heavy atom. The van der Waals surface area contributed by atoms with Crippen molar-refractivity contribution >= 4 is 5.91 Å². The normalized spacial score (nSPS) is 10.3. The van der Waals surface area contributed by atoms with Crippen molar-refractivity contribution in [2.24, 2.45) is 5.73 Å². The second-order valence-electron chi connectivity index (χ2n) is 3.87. The molecule has 0 saturated heterocycles. The summed E-state index contributed by atoms with van der Waals surface area (Å²) in [7, 11) is 0. The van der Waals surface area contributed by atoms with Crippen LogP contribution in [0.25, 0.3) is 0 Å². The monoisotopic (exact) mass is 245 g/mol. The predicted octanol–water partition coefficient (Wildman–Crippen LogP) is 0.236. The number of nitrogens with two attached hydrogens (primary N) is 1. The van der Waals surface area contributed by atoms with E-state index in [-0.39, 0.29) is 5.91 Å². The maximum atomic E-state index is 11.8. The van der Waals surface area contributed by atoms with Crippen LogP contribution in [-0.2, 0) is 13.0 Å². The van der Waals surface area contributed by atoms with Gasteiger partial charge in [0, 0.05) is 25.1 Å². The highest BCUT2D eigenvalue weighted by Crippen LogP contribution is 2.04. The fourth-order valence-electron chi connectivity index (χ4n) is 1.59. The van der Waals surface area contributed by atoms with E-state index in [1.165, 1.54) is 0 Å². The van der Waals surface area contributed by atoms with Crippen LogP contribution < -0.4 is 11.1 Å². The lowest BCUT2D eigenvalue weighted by molar-refractivity contribution is 0.0954. The molecule has 1 aromatic carbocycles. The number of benzene rings is 1. The van der Waals surface area contributed by atoms with Crippen LogP contribution in [0, 0.1) is 0 Å². The van der Waals surface area contributed by atoms with Crippen molar-refractivity contribution in [3.05, 3.63) is 47.3 Å². The van der Waals surface area contributed by atoms with Gasteiger partial charge in [-0.15, -0.1) is 0 Å². The number of amides is 1. The number of nitrogens with one attached hydrogen (secondary N) is 2. The zero-order valence-electron chi connectivity index (χ0n) is 9.89. The molecule has 0 fully saturated rings. The molecular formula is C12H15N5O. The molecule has 0 unspecified atom stereocenters. The maximum Gasteiger partial charge on any atom is 0.251 e. The molecule has 2 aromatic rings. The highest BCUT2D eigenvalue weighted by atomic mass is 16.1. The van der Waals surface area contributed by atoms with Crippen molar-refractivity contribution in [3.63, 3.8) is 0 Å². The van der Waals surface area contributed by atoms with Gasteiger partial charge in [-0.05, 0) is 17.7 Å². The molecule has 0 spiro atoms. The van der Waals surface area contributed by atoms with E-state index >= 15 is 0 Å². The Morgan fingerprint density at radius 2 is 2.33 bits per heavy atom. The first-order valence-corrected chi connectivity index (χ1v) is 5.71. The molecule has 0 aliphatic carbocycles. The Morgan fingerprint density at radius 1 is 1.44 bits per heavy atom. The van der Waals surface area contributed by atoms with Crippen LogP contribution in [0.5, 0.6) is 0 Å². The first kappa shape index (κ1) is 12.3. The summed E-state index contributed by atoms with van der Waals surface area (Å²) in [5.41, 5.74) is 7.92. The summed E-state index contributed by atoms with van der Waals surface area (Å²) < 4.78 is 0. The minimum Gasteiger partial charge on any atom is -0.352 e. The molecule has 1 heterocycles. The van der Waals surface area contributed by atoms with Gasteiger partial charge in [0.1, 0.15) is 0 Å². The minimum absolute atomic E-state index is 0.103. The number of nitrogens with zero attached hydrogens (tertiary/aromatic N) is 2. The molecule has 0 radical (unpaired) electrons. The van der Waals surface area contributed by atoms with Crippen molar-refractivity contribution in [2.45, 2.75) is 13.0 Å². The first-order chi connectivity index (χ1) is 8.79. The largest absolute Gasteiger partial charge is 0.352 e. The van der Waals surface area contributed by atoms with E-state index in [9.17, 15) is 4.79 Å².